The molecule has 2 N–H and O–H groups in total. The van der Waals surface area contributed by atoms with E-state index in [-0.39, 0.29) is 43.3 Å². The van der Waals surface area contributed by atoms with Crippen LogP contribution in [0.5, 0.6) is 5.75 Å². The lowest BCUT2D eigenvalue weighted by Crippen LogP contribution is -2.45. The van der Waals surface area contributed by atoms with Gasteiger partial charge < -0.3 is 33.8 Å². The van der Waals surface area contributed by atoms with Crippen LogP contribution in [0, 0.1) is 5.92 Å². The van der Waals surface area contributed by atoms with Crippen molar-refractivity contribution in [1.82, 2.24) is 4.90 Å². The van der Waals surface area contributed by atoms with Crippen LogP contribution >= 0.6 is 11.6 Å². The summed E-state index contributed by atoms with van der Waals surface area (Å²) in [4.78, 5) is 44.5. The van der Waals surface area contributed by atoms with Crippen LogP contribution in [0.2, 0.25) is 23.7 Å². The average Bonchev–Trinajstić information content (AvgIpc) is 3.71. The molecule has 254 valence electrons. The number of hydrogen-bond donors (Lipinski definition) is 2. The largest absolute Gasteiger partial charge is 0.497 e. The highest BCUT2D eigenvalue weighted by molar-refractivity contribution is 6.72. The molecule has 3 aliphatic heterocycles. The van der Waals surface area contributed by atoms with Crippen LogP contribution in [0.15, 0.2) is 66.7 Å². The Morgan fingerprint density at radius 1 is 1.15 bits per heavy atom. The van der Waals surface area contributed by atoms with Gasteiger partial charge in [-0.25, -0.2) is 0 Å². The molecule has 0 bridgehead atoms. The van der Waals surface area contributed by atoms with Gasteiger partial charge in [-0.15, -0.1) is 0 Å². The van der Waals surface area contributed by atoms with Gasteiger partial charge in [-0.05, 0) is 86.1 Å². The molecule has 3 aromatic carbocycles. The highest BCUT2D eigenvalue weighted by Crippen LogP contribution is 2.60. The molecule has 0 unspecified atom stereocenters. The number of amides is 3. The first kappa shape index (κ1) is 34.1. The van der Waals surface area contributed by atoms with Crippen molar-refractivity contribution in [2.45, 2.75) is 69.1 Å². The van der Waals surface area contributed by atoms with Gasteiger partial charge in [0, 0.05) is 39.8 Å². The zero-order valence-corrected chi connectivity index (χ0v) is 29.3. The Bertz CT molecular complexity index is 1720. The minimum atomic E-state index is -3.49. The van der Waals surface area contributed by atoms with E-state index in [9.17, 15) is 19.5 Å². The highest BCUT2D eigenvalue weighted by atomic mass is 35.5. The summed E-state index contributed by atoms with van der Waals surface area (Å²) < 4.78 is 28.2. The van der Waals surface area contributed by atoms with Crippen LogP contribution in [0.25, 0.3) is 0 Å². The van der Waals surface area contributed by atoms with E-state index in [1.807, 2.05) is 19.1 Å². The van der Waals surface area contributed by atoms with E-state index in [4.69, 9.17) is 21.1 Å². The van der Waals surface area contributed by atoms with Crippen LogP contribution in [-0.2, 0) is 26.5 Å². The second kappa shape index (κ2) is 13.3. The number of aliphatic hydroxyl groups excluding tert-OH is 1. The Morgan fingerprint density at radius 3 is 2.58 bits per heavy atom. The third kappa shape index (κ3) is 6.13. The average molecular weight is 694 g/mol. The molecule has 3 aromatic rings. The molecule has 9 nitrogen and oxygen atoms in total. The second-order valence-electron chi connectivity index (χ2n) is 13.5. The first-order valence-corrected chi connectivity index (χ1v) is 19.6. The fourth-order valence-corrected chi connectivity index (χ4v) is 10.6. The monoisotopic (exact) mass is 693 g/mol. The molecule has 3 heterocycles. The van der Waals surface area contributed by atoms with E-state index in [1.54, 1.807) is 84.6 Å². The van der Waals surface area contributed by atoms with Crippen molar-refractivity contribution < 1.29 is 33.1 Å². The number of rotatable bonds is 9. The van der Waals surface area contributed by atoms with Crippen LogP contribution in [0.3, 0.4) is 0 Å². The number of anilines is 2. The molecular weight excluding hydrogens is 653 g/mol. The van der Waals surface area contributed by atoms with Gasteiger partial charge in [-0.3, -0.25) is 14.4 Å². The van der Waals surface area contributed by atoms with Gasteiger partial charge in [0.1, 0.15) is 5.75 Å². The van der Waals surface area contributed by atoms with Gasteiger partial charge in [0.05, 0.1) is 44.5 Å². The zero-order valence-electron chi connectivity index (χ0n) is 27.5. The molecule has 2 saturated heterocycles. The second-order valence-corrected chi connectivity index (χ2v) is 17.7. The minimum absolute atomic E-state index is 0.0767. The minimum Gasteiger partial charge on any atom is -0.497 e. The molecule has 3 aliphatic rings. The van der Waals surface area contributed by atoms with Gasteiger partial charge in [0.15, 0.2) is 5.60 Å². The highest BCUT2D eigenvalue weighted by Gasteiger charge is 2.67. The number of carbonyl (C=O) groups excluding carboxylic acids is 3. The maximum absolute atomic E-state index is 16.2. The molecule has 0 aliphatic carbocycles. The lowest BCUT2D eigenvalue weighted by atomic mass is 9.82. The van der Waals surface area contributed by atoms with E-state index < -0.39 is 31.6 Å². The number of aliphatic hydroxyl groups is 1. The molecule has 0 saturated carbocycles. The van der Waals surface area contributed by atoms with Crippen LogP contribution < -0.4 is 15.0 Å². The SMILES string of the molecule is COc1ccc(C(=O)Nc2cccc(CN3C(=O)[C@@]4(O[C@@H](CC(=O)N5CCC[C@H]5CO)[C@H]([Si](C)(C)F)[C@H]4C)c4cc(Cl)ccc43)c2)cc1. The van der Waals surface area contributed by atoms with Crippen molar-refractivity contribution in [3.63, 3.8) is 0 Å². The van der Waals surface area contributed by atoms with Gasteiger partial charge in [0.2, 0.25) is 14.3 Å². The molecule has 6 rings (SSSR count). The smallest absolute Gasteiger partial charge is 0.264 e. The maximum Gasteiger partial charge on any atom is 0.264 e. The summed E-state index contributed by atoms with van der Waals surface area (Å²) >= 11 is 6.51. The fourth-order valence-electron chi connectivity index (χ4n) is 7.90. The van der Waals surface area contributed by atoms with Gasteiger partial charge in [-0.1, -0.05) is 30.7 Å². The molecule has 48 heavy (non-hydrogen) atoms. The third-order valence-electron chi connectivity index (χ3n) is 10.1. The molecule has 12 heteroatoms. The summed E-state index contributed by atoms with van der Waals surface area (Å²) in [5, 5.41) is 13.2. The number of nitrogens with zero attached hydrogens (tertiary/aromatic N) is 2. The van der Waals surface area contributed by atoms with E-state index >= 15 is 4.11 Å². The van der Waals surface area contributed by atoms with E-state index in [1.165, 1.54) is 0 Å². The first-order chi connectivity index (χ1) is 22.9. The number of halogens is 2. The third-order valence-corrected chi connectivity index (χ3v) is 12.8. The number of likely N-dealkylation sites (tertiary alicyclic amines) is 1. The van der Waals surface area contributed by atoms with Crippen molar-refractivity contribution in [2.75, 3.05) is 30.5 Å². The lowest BCUT2D eigenvalue weighted by Gasteiger charge is -2.31. The summed E-state index contributed by atoms with van der Waals surface area (Å²) in [5.41, 5.74) is 0.763. The maximum atomic E-state index is 16.2. The van der Waals surface area contributed by atoms with Crippen molar-refractivity contribution in [2.24, 2.45) is 5.92 Å². The zero-order chi connectivity index (χ0) is 34.4. The molecule has 5 atom stereocenters. The quantitative estimate of drug-likeness (QED) is 0.201. The Morgan fingerprint density at radius 2 is 1.90 bits per heavy atom. The van der Waals surface area contributed by atoms with Crippen molar-refractivity contribution in [1.29, 1.82) is 0 Å². The van der Waals surface area contributed by atoms with Gasteiger partial charge >= 0.3 is 0 Å². The van der Waals surface area contributed by atoms with Crippen molar-refractivity contribution in [3.8, 4) is 5.75 Å². The number of methoxy groups -OCH3 is 1. The molecular formula is C36H41ClFN3O6Si. The van der Waals surface area contributed by atoms with E-state index in [0.717, 1.165) is 12.0 Å². The Kier molecular flexibility index (Phi) is 9.42. The molecule has 1 spiro atoms. The molecule has 0 radical (unpaired) electrons. The Labute approximate surface area is 286 Å². The number of carbonyl (C=O) groups is 3. The molecule has 0 aromatic heterocycles. The van der Waals surface area contributed by atoms with Crippen molar-refractivity contribution >= 4 is 49.1 Å². The topological polar surface area (TPSA) is 108 Å². The summed E-state index contributed by atoms with van der Waals surface area (Å²) in [5.74, 6) is -0.770. The normalized spacial score (nSPS) is 25.1. The molecule has 3 amide bonds. The summed E-state index contributed by atoms with van der Waals surface area (Å²) in [6.07, 6.45) is 0.604. The standard InChI is InChI=1S/C36H41ClFN3O6Si/c1-22-33(48(3,4)38)31(19-32(43)40-16-6-9-27(40)21-42)47-36(22)29-18-25(37)12-15-30(29)41(35(36)45)20-23-7-5-8-26(17-23)39-34(44)24-10-13-28(46-2)14-11-24/h5,7-8,10-15,17-18,22,27,31,33,42H,6,9,16,19-21H2,1-4H3,(H,39,44)/t22-,27+,31+,33-,36+/m1/s1. The number of nitrogens with one attached hydrogen (secondary N) is 1. The summed E-state index contributed by atoms with van der Waals surface area (Å²) in [6.45, 7) is 5.61. The lowest BCUT2D eigenvalue weighted by molar-refractivity contribution is -0.150. The van der Waals surface area contributed by atoms with E-state index in [0.29, 0.717) is 46.2 Å². The van der Waals surface area contributed by atoms with E-state index in [2.05, 4.69) is 5.32 Å². The van der Waals surface area contributed by atoms with Crippen LogP contribution in [-0.4, -0.2) is 68.5 Å². The summed E-state index contributed by atoms with van der Waals surface area (Å²) in [6, 6.07) is 19.0. The Balaban J connectivity index is 1.29. The van der Waals surface area contributed by atoms with Gasteiger partial charge in [0.25, 0.3) is 11.8 Å². The number of hydrogen-bond acceptors (Lipinski definition) is 6. The number of fused-ring (bicyclic) bond motifs is 2. The van der Waals surface area contributed by atoms with Crippen LogP contribution in [0.1, 0.15) is 47.7 Å². The number of ether oxygens (including phenoxy) is 2. The number of benzene rings is 3. The van der Waals surface area contributed by atoms with Crippen LogP contribution in [0.4, 0.5) is 15.5 Å². The first-order valence-electron chi connectivity index (χ1n) is 16.3. The van der Waals surface area contributed by atoms with Crippen molar-refractivity contribution in [3.05, 3.63) is 88.4 Å². The fraction of sp³-hybridized carbons (Fsp3) is 0.417. The van der Waals surface area contributed by atoms with Gasteiger partial charge in [-0.2, -0.15) is 0 Å². The Hall–Kier alpha value is -3.77. The summed E-state index contributed by atoms with van der Waals surface area (Å²) in [7, 11) is -1.93. The predicted octanol–water partition coefficient (Wildman–Crippen LogP) is 6.30. The molecule has 2 fully saturated rings. The predicted molar refractivity (Wildman–Crippen MR) is 185 cm³/mol.